The van der Waals surface area contributed by atoms with Crippen molar-refractivity contribution in [3.05, 3.63) is 76.0 Å². The lowest BCUT2D eigenvalue weighted by atomic mass is 10.1. The Balaban J connectivity index is 1.56. The van der Waals surface area contributed by atoms with E-state index < -0.39 is 6.61 Å². The van der Waals surface area contributed by atoms with Crippen molar-refractivity contribution < 1.29 is 13.5 Å². The van der Waals surface area contributed by atoms with E-state index in [1.165, 1.54) is 6.07 Å². The number of fused-ring (bicyclic) bond motifs is 1. The molecule has 3 aromatic rings. The van der Waals surface area contributed by atoms with Gasteiger partial charge in [-0.1, -0.05) is 18.2 Å². The third-order valence-electron chi connectivity index (χ3n) is 4.68. The Hall–Kier alpha value is -3.13. The van der Waals surface area contributed by atoms with Gasteiger partial charge in [-0.3, -0.25) is 14.7 Å². The number of ether oxygens (including phenoxy) is 1. The van der Waals surface area contributed by atoms with Crippen LogP contribution in [0.1, 0.15) is 16.8 Å². The van der Waals surface area contributed by atoms with E-state index in [9.17, 15) is 13.6 Å². The number of H-pyrrole nitrogens is 1. The molecular formula is C20H18F2N4O2. The van der Waals surface area contributed by atoms with Crippen LogP contribution in [0.15, 0.2) is 53.6 Å². The molecule has 0 spiro atoms. The molecule has 0 unspecified atom stereocenters. The van der Waals surface area contributed by atoms with Gasteiger partial charge in [-0.25, -0.2) is 4.98 Å². The average Bonchev–Trinajstić information content (AvgIpc) is 2.70. The average molecular weight is 384 g/mol. The lowest BCUT2D eigenvalue weighted by Crippen LogP contribution is -2.35. The topological polar surface area (TPSA) is 71.1 Å². The van der Waals surface area contributed by atoms with Crippen LogP contribution in [0.2, 0.25) is 0 Å². The van der Waals surface area contributed by atoms with E-state index in [-0.39, 0.29) is 11.3 Å². The lowest BCUT2D eigenvalue weighted by Gasteiger charge is -2.28. The van der Waals surface area contributed by atoms with Crippen molar-refractivity contribution in [1.82, 2.24) is 19.9 Å². The fraction of sp³-hybridized carbons (Fsp3) is 0.250. The van der Waals surface area contributed by atoms with E-state index >= 15 is 0 Å². The van der Waals surface area contributed by atoms with Gasteiger partial charge >= 0.3 is 6.61 Å². The van der Waals surface area contributed by atoms with Gasteiger partial charge in [-0.15, -0.1) is 0 Å². The molecule has 0 atom stereocenters. The van der Waals surface area contributed by atoms with Gasteiger partial charge in [0, 0.05) is 49.6 Å². The van der Waals surface area contributed by atoms with Crippen molar-refractivity contribution in [3.63, 3.8) is 0 Å². The van der Waals surface area contributed by atoms with Crippen LogP contribution in [-0.4, -0.2) is 33.0 Å². The third kappa shape index (κ3) is 3.91. The Bertz CT molecular complexity index is 1020. The first-order chi connectivity index (χ1) is 13.6. The molecule has 1 aliphatic heterocycles. The van der Waals surface area contributed by atoms with Gasteiger partial charge in [-0.05, 0) is 18.2 Å². The minimum absolute atomic E-state index is 0.156. The van der Waals surface area contributed by atoms with Gasteiger partial charge < -0.3 is 9.72 Å². The summed E-state index contributed by atoms with van der Waals surface area (Å²) in [6.45, 7) is -1.39. The number of pyridine rings is 1. The first kappa shape index (κ1) is 18.2. The number of aromatic amines is 1. The molecule has 28 heavy (non-hydrogen) atoms. The Morgan fingerprint density at radius 2 is 1.96 bits per heavy atom. The van der Waals surface area contributed by atoms with Crippen LogP contribution in [-0.2, 0) is 19.5 Å². The predicted molar refractivity (Wildman–Crippen MR) is 99.0 cm³/mol. The van der Waals surface area contributed by atoms with Crippen LogP contribution in [0.25, 0.3) is 11.4 Å². The fourth-order valence-electron chi connectivity index (χ4n) is 3.35. The number of nitrogens with one attached hydrogen (secondary N) is 1. The fourth-order valence-corrected chi connectivity index (χ4v) is 3.35. The molecular weight excluding hydrogens is 366 g/mol. The SMILES string of the molecule is O=c1[nH]c(-c2ccncc2)nc2c1CN(Cc1ccccc1OC(F)F)CC2. The van der Waals surface area contributed by atoms with Gasteiger partial charge in [0.15, 0.2) is 0 Å². The molecule has 0 saturated carbocycles. The summed E-state index contributed by atoms with van der Waals surface area (Å²) >= 11 is 0. The summed E-state index contributed by atoms with van der Waals surface area (Å²) in [6.07, 6.45) is 3.90. The molecule has 1 N–H and O–H groups in total. The largest absolute Gasteiger partial charge is 0.434 e. The molecule has 0 amide bonds. The quantitative estimate of drug-likeness (QED) is 0.732. The number of halogens is 2. The molecule has 1 aliphatic rings. The molecule has 0 aliphatic carbocycles. The highest BCUT2D eigenvalue weighted by Gasteiger charge is 2.22. The number of nitrogens with zero attached hydrogens (tertiary/aromatic N) is 3. The molecule has 0 saturated heterocycles. The standard InChI is InChI=1S/C20H18F2N4O2/c21-20(22)28-17-4-2-1-3-14(17)11-26-10-7-16-15(12-26)19(27)25-18(24-16)13-5-8-23-9-6-13/h1-6,8-9,20H,7,10-12H2,(H,24,25,27). The summed E-state index contributed by atoms with van der Waals surface area (Å²) in [5.74, 6) is 0.679. The predicted octanol–water partition coefficient (Wildman–Crippen LogP) is 2.99. The normalized spacial score (nSPS) is 14.1. The van der Waals surface area contributed by atoms with Crippen LogP contribution in [0.4, 0.5) is 8.78 Å². The van der Waals surface area contributed by atoms with E-state index in [1.807, 2.05) is 4.90 Å². The summed E-state index contributed by atoms with van der Waals surface area (Å²) in [4.78, 5) is 26.0. The molecule has 0 fully saturated rings. The minimum Gasteiger partial charge on any atom is -0.434 e. The number of rotatable bonds is 5. The smallest absolute Gasteiger partial charge is 0.387 e. The van der Waals surface area contributed by atoms with Crippen LogP contribution < -0.4 is 10.3 Å². The Morgan fingerprint density at radius 1 is 1.18 bits per heavy atom. The van der Waals surface area contributed by atoms with Crippen LogP contribution in [0.3, 0.4) is 0 Å². The van der Waals surface area contributed by atoms with Gasteiger partial charge in [-0.2, -0.15) is 8.78 Å². The van der Waals surface area contributed by atoms with Gasteiger partial charge in [0.2, 0.25) is 0 Å². The number of hydrogen-bond acceptors (Lipinski definition) is 5. The zero-order chi connectivity index (χ0) is 19.5. The summed E-state index contributed by atoms with van der Waals surface area (Å²) in [5, 5.41) is 0. The molecule has 144 valence electrons. The molecule has 8 heteroatoms. The highest BCUT2D eigenvalue weighted by atomic mass is 19.3. The summed E-state index contributed by atoms with van der Waals surface area (Å²) in [6, 6.07) is 10.3. The Morgan fingerprint density at radius 3 is 2.75 bits per heavy atom. The molecule has 6 nitrogen and oxygen atoms in total. The van der Waals surface area contributed by atoms with E-state index in [2.05, 4.69) is 19.7 Å². The highest BCUT2D eigenvalue weighted by Crippen LogP contribution is 2.25. The number of para-hydroxylation sites is 1. The second-order valence-corrected chi connectivity index (χ2v) is 6.52. The van der Waals surface area contributed by atoms with Gasteiger partial charge in [0.05, 0.1) is 11.3 Å². The second kappa shape index (κ2) is 7.85. The van der Waals surface area contributed by atoms with Crippen molar-refractivity contribution in [1.29, 1.82) is 0 Å². The number of aromatic nitrogens is 3. The van der Waals surface area contributed by atoms with Crippen molar-refractivity contribution in [2.24, 2.45) is 0 Å². The van der Waals surface area contributed by atoms with Crippen LogP contribution in [0, 0.1) is 0 Å². The van der Waals surface area contributed by atoms with Crippen molar-refractivity contribution in [3.8, 4) is 17.1 Å². The van der Waals surface area contributed by atoms with Crippen molar-refractivity contribution >= 4 is 0 Å². The molecule has 3 heterocycles. The Labute approximate surface area is 159 Å². The Kier molecular flexibility index (Phi) is 5.12. The first-order valence-corrected chi connectivity index (χ1v) is 8.87. The summed E-state index contributed by atoms with van der Waals surface area (Å²) in [5.41, 5.74) is 2.65. The third-order valence-corrected chi connectivity index (χ3v) is 4.68. The summed E-state index contributed by atoms with van der Waals surface area (Å²) < 4.78 is 29.8. The zero-order valence-corrected chi connectivity index (χ0v) is 14.9. The van der Waals surface area contributed by atoms with Crippen molar-refractivity contribution in [2.45, 2.75) is 26.1 Å². The highest BCUT2D eigenvalue weighted by molar-refractivity contribution is 5.54. The van der Waals surface area contributed by atoms with Crippen LogP contribution >= 0.6 is 0 Å². The van der Waals surface area contributed by atoms with Crippen molar-refractivity contribution in [2.75, 3.05) is 6.54 Å². The van der Waals surface area contributed by atoms with E-state index in [0.29, 0.717) is 43.0 Å². The molecule has 2 aromatic heterocycles. The van der Waals surface area contributed by atoms with Gasteiger partial charge in [0.25, 0.3) is 5.56 Å². The lowest BCUT2D eigenvalue weighted by molar-refractivity contribution is -0.0508. The molecule has 1 aromatic carbocycles. The van der Waals surface area contributed by atoms with Gasteiger partial charge in [0.1, 0.15) is 11.6 Å². The molecule has 0 radical (unpaired) electrons. The number of benzene rings is 1. The van der Waals surface area contributed by atoms with E-state index in [0.717, 1.165) is 11.3 Å². The summed E-state index contributed by atoms with van der Waals surface area (Å²) in [7, 11) is 0. The maximum Gasteiger partial charge on any atom is 0.387 e. The minimum atomic E-state index is -2.87. The maximum absolute atomic E-state index is 12.6. The molecule has 4 rings (SSSR count). The maximum atomic E-state index is 12.6. The van der Waals surface area contributed by atoms with E-state index in [4.69, 9.17) is 0 Å². The number of hydrogen-bond donors (Lipinski definition) is 1. The monoisotopic (exact) mass is 384 g/mol. The molecule has 0 bridgehead atoms. The number of alkyl halides is 2. The first-order valence-electron chi connectivity index (χ1n) is 8.87. The van der Waals surface area contributed by atoms with E-state index in [1.54, 1.807) is 42.7 Å². The zero-order valence-electron chi connectivity index (χ0n) is 14.9. The van der Waals surface area contributed by atoms with Crippen LogP contribution in [0.5, 0.6) is 5.75 Å². The second-order valence-electron chi connectivity index (χ2n) is 6.52.